The van der Waals surface area contributed by atoms with Gasteiger partial charge in [0.1, 0.15) is 5.75 Å². The first kappa shape index (κ1) is 21.2. The van der Waals surface area contributed by atoms with E-state index in [4.69, 9.17) is 4.74 Å². The second kappa shape index (κ2) is 10.3. The third-order valence-electron chi connectivity index (χ3n) is 6.02. The molecule has 1 aliphatic carbocycles. The molecule has 0 aromatic heterocycles. The highest BCUT2D eigenvalue weighted by Crippen LogP contribution is 2.38. The molecule has 0 radical (unpaired) electrons. The Kier molecular flexibility index (Phi) is 8.43. The monoisotopic (exact) mass is 361 g/mol. The van der Waals surface area contributed by atoms with E-state index in [2.05, 4.69) is 49.9 Å². The third-order valence-corrected chi connectivity index (χ3v) is 6.02. The summed E-state index contributed by atoms with van der Waals surface area (Å²) < 4.78 is 5.94. The molecule has 3 nitrogen and oxygen atoms in total. The molecule has 2 rings (SSSR count). The molecule has 26 heavy (non-hydrogen) atoms. The van der Waals surface area contributed by atoms with Gasteiger partial charge in [-0.2, -0.15) is 0 Å². The zero-order chi connectivity index (χ0) is 19.0. The lowest BCUT2D eigenvalue weighted by Crippen LogP contribution is -2.30. The predicted molar refractivity (Wildman–Crippen MR) is 110 cm³/mol. The molecule has 1 fully saturated rings. The standard InChI is InChI=1S/C23H39NO2/c1-5-19(3)18-24(6-2)16-7-17-26-22-10-8-20(9-11-22)21-12-14-23(4,25)15-13-21/h8-11,19,21,25H,5-7,12-18H2,1-4H3/t19-,21?,23?/m0/s1. The average molecular weight is 362 g/mol. The molecule has 0 aliphatic heterocycles. The van der Waals surface area contributed by atoms with Crippen LogP contribution in [-0.2, 0) is 0 Å². The van der Waals surface area contributed by atoms with Crippen molar-refractivity contribution >= 4 is 0 Å². The molecule has 1 saturated carbocycles. The Morgan fingerprint density at radius 1 is 1.19 bits per heavy atom. The van der Waals surface area contributed by atoms with Crippen LogP contribution in [0.25, 0.3) is 0 Å². The molecular formula is C23H39NO2. The molecule has 0 unspecified atom stereocenters. The van der Waals surface area contributed by atoms with E-state index >= 15 is 0 Å². The lowest BCUT2D eigenvalue weighted by Gasteiger charge is -2.33. The Morgan fingerprint density at radius 2 is 1.85 bits per heavy atom. The Labute approximate surface area is 160 Å². The zero-order valence-electron chi connectivity index (χ0n) is 17.3. The summed E-state index contributed by atoms with van der Waals surface area (Å²) in [5, 5.41) is 10.1. The maximum Gasteiger partial charge on any atom is 0.119 e. The molecule has 0 heterocycles. The molecule has 0 bridgehead atoms. The summed E-state index contributed by atoms with van der Waals surface area (Å²) in [7, 11) is 0. The van der Waals surface area contributed by atoms with Gasteiger partial charge in [-0.05, 0) is 75.1 Å². The van der Waals surface area contributed by atoms with E-state index in [9.17, 15) is 5.11 Å². The summed E-state index contributed by atoms with van der Waals surface area (Å²) in [6, 6.07) is 8.64. The lowest BCUT2D eigenvalue weighted by atomic mass is 9.77. The van der Waals surface area contributed by atoms with Crippen LogP contribution in [0.3, 0.4) is 0 Å². The highest BCUT2D eigenvalue weighted by molar-refractivity contribution is 5.29. The van der Waals surface area contributed by atoms with Gasteiger partial charge in [0.25, 0.3) is 0 Å². The summed E-state index contributed by atoms with van der Waals surface area (Å²) in [4.78, 5) is 2.53. The van der Waals surface area contributed by atoms with Crippen LogP contribution >= 0.6 is 0 Å². The predicted octanol–water partition coefficient (Wildman–Crippen LogP) is 5.23. The van der Waals surface area contributed by atoms with Crippen molar-refractivity contribution in [1.82, 2.24) is 4.90 Å². The minimum atomic E-state index is -0.457. The molecule has 1 aromatic carbocycles. The maximum atomic E-state index is 10.1. The van der Waals surface area contributed by atoms with Gasteiger partial charge in [-0.15, -0.1) is 0 Å². The van der Waals surface area contributed by atoms with Crippen LogP contribution in [0.15, 0.2) is 24.3 Å². The second-order valence-electron chi connectivity index (χ2n) is 8.45. The minimum Gasteiger partial charge on any atom is -0.494 e. The van der Waals surface area contributed by atoms with E-state index in [0.29, 0.717) is 5.92 Å². The van der Waals surface area contributed by atoms with E-state index in [1.54, 1.807) is 0 Å². The van der Waals surface area contributed by atoms with Gasteiger partial charge in [-0.3, -0.25) is 0 Å². The molecular weight excluding hydrogens is 322 g/mol. The molecule has 1 atom stereocenters. The van der Waals surface area contributed by atoms with Crippen molar-refractivity contribution in [1.29, 1.82) is 0 Å². The van der Waals surface area contributed by atoms with Gasteiger partial charge in [0.05, 0.1) is 12.2 Å². The van der Waals surface area contributed by atoms with E-state index in [-0.39, 0.29) is 0 Å². The number of hydrogen-bond acceptors (Lipinski definition) is 3. The van der Waals surface area contributed by atoms with Gasteiger partial charge < -0.3 is 14.7 Å². The fourth-order valence-corrected chi connectivity index (χ4v) is 3.84. The summed E-state index contributed by atoms with van der Waals surface area (Å²) >= 11 is 0. The molecule has 0 amide bonds. The number of rotatable bonds is 10. The molecule has 0 saturated heterocycles. The van der Waals surface area contributed by atoms with Crippen molar-refractivity contribution in [2.24, 2.45) is 5.92 Å². The quantitative estimate of drug-likeness (QED) is 0.579. The largest absolute Gasteiger partial charge is 0.494 e. The van der Waals surface area contributed by atoms with Crippen LogP contribution in [0.4, 0.5) is 0 Å². The van der Waals surface area contributed by atoms with Crippen molar-refractivity contribution < 1.29 is 9.84 Å². The van der Waals surface area contributed by atoms with Crippen LogP contribution in [0, 0.1) is 5.92 Å². The van der Waals surface area contributed by atoms with E-state index < -0.39 is 5.60 Å². The van der Waals surface area contributed by atoms with E-state index in [1.165, 1.54) is 18.5 Å². The highest BCUT2D eigenvalue weighted by Gasteiger charge is 2.29. The van der Waals surface area contributed by atoms with E-state index in [0.717, 1.165) is 63.5 Å². The Hall–Kier alpha value is -1.06. The number of hydrogen-bond donors (Lipinski definition) is 1. The Morgan fingerprint density at radius 3 is 2.42 bits per heavy atom. The molecule has 1 N–H and O–H groups in total. The van der Waals surface area contributed by atoms with Crippen LogP contribution in [-0.4, -0.2) is 41.8 Å². The fraction of sp³-hybridized carbons (Fsp3) is 0.739. The van der Waals surface area contributed by atoms with Crippen molar-refractivity contribution in [3.05, 3.63) is 29.8 Å². The van der Waals surface area contributed by atoms with Gasteiger partial charge in [-0.25, -0.2) is 0 Å². The van der Waals surface area contributed by atoms with Gasteiger partial charge in [0.2, 0.25) is 0 Å². The summed E-state index contributed by atoms with van der Waals surface area (Å²) in [6.45, 7) is 13.0. The van der Waals surface area contributed by atoms with Crippen LogP contribution in [0.2, 0.25) is 0 Å². The van der Waals surface area contributed by atoms with Gasteiger partial charge >= 0.3 is 0 Å². The minimum absolute atomic E-state index is 0.457. The van der Waals surface area contributed by atoms with Gasteiger partial charge in [-0.1, -0.05) is 39.3 Å². The number of ether oxygens (including phenoxy) is 1. The SMILES string of the molecule is CC[C@H](C)CN(CC)CCCOc1ccc(C2CCC(C)(O)CC2)cc1. The van der Waals surface area contributed by atoms with Crippen molar-refractivity contribution in [3.8, 4) is 5.75 Å². The third kappa shape index (κ3) is 6.92. The normalized spacial score (nSPS) is 24.6. The smallest absolute Gasteiger partial charge is 0.119 e. The fourth-order valence-electron chi connectivity index (χ4n) is 3.84. The summed E-state index contributed by atoms with van der Waals surface area (Å²) in [5.74, 6) is 2.33. The van der Waals surface area contributed by atoms with Crippen molar-refractivity contribution in [2.45, 2.75) is 77.7 Å². The summed E-state index contributed by atoms with van der Waals surface area (Å²) in [5.41, 5.74) is 0.930. The first-order chi connectivity index (χ1) is 12.4. The number of benzene rings is 1. The Bertz CT molecular complexity index is 501. The van der Waals surface area contributed by atoms with Crippen LogP contribution in [0.1, 0.15) is 77.7 Å². The zero-order valence-corrected chi connectivity index (χ0v) is 17.3. The molecule has 1 aromatic rings. The van der Waals surface area contributed by atoms with Crippen LogP contribution in [0.5, 0.6) is 5.75 Å². The number of nitrogens with zero attached hydrogens (tertiary/aromatic N) is 1. The topological polar surface area (TPSA) is 32.7 Å². The molecule has 1 aliphatic rings. The van der Waals surface area contributed by atoms with Gasteiger partial charge in [0.15, 0.2) is 0 Å². The average Bonchev–Trinajstić information content (AvgIpc) is 2.64. The van der Waals surface area contributed by atoms with Crippen molar-refractivity contribution in [2.75, 3.05) is 26.2 Å². The molecule has 148 valence electrons. The van der Waals surface area contributed by atoms with E-state index in [1.807, 2.05) is 6.92 Å². The highest BCUT2D eigenvalue weighted by atomic mass is 16.5. The molecule has 3 heteroatoms. The lowest BCUT2D eigenvalue weighted by molar-refractivity contribution is 0.0172. The molecule has 0 spiro atoms. The first-order valence-corrected chi connectivity index (χ1v) is 10.6. The first-order valence-electron chi connectivity index (χ1n) is 10.6. The van der Waals surface area contributed by atoms with Gasteiger partial charge in [0, 0.05) is 13.1 Å². The number of aliphatic hydroxyl groups is 1. The van der Waals surface area contributed by atoms with Crippen molar-refractivity contribution in [3.63, 3.8) is 0 Å². The Balaban J connectivity index is 1.71. The maximum absolute atomic E-state index is 10.1. The van der Waals surface area contributed by atoms with Crippen LogP contribution < -0.4 is 4.74 Å². The second-order valence-corrected chi connectivity index (χ2v) is 8.45. The summed E-state index contributed by atoms with van der Waals surface area (Å²) in [6.07, 6.45) is 6.29.